The van der Waals surface area contributed by atoms with Gasteiger partial charge >= 0.3 is 0 Å². The molecule has 0 aromatic heterocycles. The standard InChI is InChI=1S/C22H21BrClNO/c1-15-6-8-21(10-16(15)2)25-13-18-12-19(23)7-9-22(18)26-14-17-4-3-5-20(24)11-17/h3-12,25H,13-14H2,1-2H3. The van der Waals surface area contributed by atoms with Gasteiger partial charge in [-0.3, -0.25) is 0 Å². The second kappa shape index (κ2) is 8.61. The van der Waals surface area contributed by atoms with Crippen molar-refractivity contribution in [3.8, 4) is 5.75 Å². The van der Waals surface area contributed by atoms with E-state index in [1.165, 1.54) is 11.1 Å². The molecule has 2 nitrogen and oxygen atoms in total. The van der Waals surface area contributed by atoms with E-state index in [1.54, 1.807) is 0 Å². The Kier molecular flexibility index (Phi) is 6.23. The van der Waals surface area contributed by atoms with E-state index >= 15 is 0 Å². The fourth-order valence-corrected chi connectivity index (χ4v) is 3.28. The van der Waals surface area contributed by atoms with Crippen molar-refractivity contribution in [3.05, 3.63) is 92.4 Å². The van der Waals surface area contributed by atoms with Crippen LogP contribution in [0.2, 0.25) is 5.02 Å². The maximum atomic E-state index is 6.05. The first-order valence-electron chi connectivity index (χ1n) is 8.48. The fourth-order valence-electron chi connectivity index (χ4n) is 2.66. The molecule has 0 bridgehead atoms. The molecule has 134 valence electrons. The number of halogens is 2. The van der Waals surface area contributed by atoms with Gasteiger partial charge in [0.2, 0.25) is 0 Å². The highest BCUT2D eigenvalue weighted by Crippen LogP contribution is 2.26. The summed E-state index contributed by atoms with van der Waals surface area (Å²) in [5, 5.41) is 4.20. The lowest BCUT2D eigenvalue weighted by atomic mass is 10.1. The van der Waals surface area contributed by atoms with Crippen molar-refractivity contribution in [1.29, 1.82) is 0 Å². The Morgan fingerprint density at radius 2 is 1.81 bits per heavy atom. The van der Waals surface area contributed by atoms with Crippen molar-refractivity contribution in [3.63, 3.8) is 0 Å². The van der Waals surface area contributed by atoms with Crippen LogP contribution in [0.4, 0.5) is 5.69 Å². The minimum Gasteiger partial charge on any atom is -0.489 e. The molecule has 26 heavy (non-hydrogen) atoms. The summed E-state index contributed by atoms with van der Waals surface area (Å²) in [7, 11) is 0. The second-order valence-corrected chi connectivity index (χ2v) is 7.68. The van der Waals surface area contributed by atoms with Crippen LogP contribution in [0.15, 0.2) is 65.1 Å². The van der Waals surface area contributed by atoms with Gasteiger partial charge in [-0.1, -0.05) is 45.7 Å². The van der Waals surface area contributed by atoms with Crippen molar-refractivity contribution in [2.24, 2.45) is 0 Å². The van der Waals surface area contributed by atoms with Gasteiger partial charge in [0.25, 0.3) is 0 Å². The van der Waals surface area contributed by atoms with Crippen molar-refractivity contribution in [2.75, 3.05) is 5.32 Å². The maximum absolute atomic E-state index is 6.05. The zero-order valence-electron chi connectivity index (χ0n) is 14.9. The van der Waals surface area contributed by atoms with Crippen LogP contribution in [0.1, 0.15) is 22.3 Å². The van der Waals surface area contributed by atoms with E-state index in [0.29, 0.717) is 13.2 Å². The number of ether oxygens (including phenoxy) is 1. The Morgan fingerprint density at radius 1 is 0.962 bits per heavy atom. The number of hydrogen-bond donors (Lipinski definition) is 1. The monoisotopic (exact) mass is 429 g/mol. The van der Waals surface area contributed by atoms with E-state index in [1.807, 2.05) is 36.4 Å². The zero-order chi connectivity index (χ0) is 18.5. The highest BCUT2D eigenvalue weighted by Gasteiger charge is 2.06. The van der Waals surface area contributed by atoms with Gasteiger partial charge in [-0.05, 0) is 73.0 Å². The van der Waals surface area contributed by atoms with Crippen molar-refractivity contribution >= 4 is 33.2 Å². The molecule has 0 aliphatic rings. The van der Waals surface area contributed by atoms with E-state index < -0.39 is 0 Å². The van der Waals surface area contributed by atoms with Crippen LogP contribution in [0, 0.1) is 13.8 Å². The summed E-state index contributed by atoms with van der Waals surface area (Å²) in [5.41, 5.74) is 5.83. The van der Waals surface area contributed by atoms with Gasteiger partial charge in [0.1, 0.15) is 12.4 Å². The Bertz CT molecular complexity index is 910. The molecule has 1 N–H and O–H groups in total. The minimum absolute atomic E-state index is 0.485. The first-order chi connectivity index (χ1) is 12.5. The molecule has 0 unspecified atom stereocenters. The summed E-state index contributed by atoms with van der Waals surface area (Å²) < 4.78 is 7.08. The molecule has 3 aromatic carbocycles. The number of hydrogen-bond acceptors (Lipinski definition) is 2. The molecule has 0 aliphatic carbocycles. The van der Waals surface area contributed by atoms with Crippen molar-refractivity contribution in [2.45, 2.75) is 27.0 Å². The summed E-state index contributed by atoms with van der Waals surface area (Å²) in [5.74, 6) is 0.865. The van der Waals surface area contributed by atoms with Gasteiger partial charge in [-0.2, -0.15) is 0 Å². The average molecular weight is 431 g/mol. The highest BCUT2D eigenvalue weighted by atomic mass is 79.9. The average Bonchev–Trinajstić information content (AvgIpc) is 2.62. The topological polar surface area (TPSA) is 21.3 Å². The molecule has 4 heteroatoms. The van der Waals surface area contributed by atoms with E-state index in [2.05, 4.69) is 59.4 Å². The van der Waals surface area contributed by atoms with Gasteiger partial charge in [0, 0.05) is 27.3 Å². The molecule has 0 aliphatic heterocycles. The summed E-state index contributed by atoms with van der Waals surface area (Å²) >= 11 is 9.60. The number of rotatable bonds is 6. The molecule has 0 saturated carbocycles. The van der Waals surface area contributed by atoms with Gasteiger partial charge in [0.15, 0.2) is 0 Å². The summed E-state index contributed by atoms with van der Waals surface area (Å²) in [6.45, 7) is 5.42. The van der Waals surface area contributed by atoms with Gasteiger partial charge in [-0.15, -0.1) is 0 Å². The van der Waals surface area contributed by atoms with Crippen LogP contribution in [0.25, 0.3) is 0 Å². The van der Waals surface area contributed by atoms with Crippen LogP contribution < -0.4 is 10.1 Å². The van der Waals surface area contributed by atoms with Gasteiger partial charge in [-0.25, -0.2) is 0 Å². The van der Waals surface area contributed by atoms with Crippen LogP contribution in [-0.2, 0) is 13.2 Å². The SMILES string of the molecule is Cc1ccc(NCc2cc(Br)ccc2OCc2cccc(Cl)c2)cc1C. The molecular weight excluding hydrogens is 410 g/mol. The number of benzene rings is 3. The zero-order valence-corrected chi connectivity index (χ0v) is 17.2. The fraction of sp³-hybridized carbons (Fsp3) is 0.182. The third-order valence-corrected chi connectivity index (χ3v) is 5.02. The van der Waals surface area contributed by atoms with Crippen molar-refractivity contribution in [1.82, 2.24) is 0 Å². The smallest absolute Gasteiger partial charge is 0.124 e. The summed E-state index contributed by atoms with van der Waals surface area (Å²) in [4.78, 5) is 0. The summed E-state index contributed by atoms with van der Waals surface area (Å²) in [6, 6.07) is 20.2. The quantitative estimate of drug-likeness (QED) is 0.458. The summed E-state index contributed by atoms with van der Waals surface area (Å²) in [6.07, 6.45) is 0. The van der Waals surface area contributed by atoms with Crippen LogP contribution in [-0.4, -0.2) is 0 Å². The molecule has 0 radical (unpaired) electrons. The van der Waals surface area contributed by atoms with Crippen LogP contribution in [0.5, 0.6) is 5.75 Å². The van der Waals surface area contributed by atoms with Crippen LogP contribution in [0.3, 0.4) is 0 Å². The number of aryl methyl sites for hydroxylation is 2. The highest BCUT2D eigenvalue weighted by molar-refractivity contribution is 9.10. The van der Waals surface area contributed by atoms with E-state index in [-0.39, 0.29) is 0 Å². The second-order valence-electron chi connectivity index (χ2n) is 6.32. The normalized spacial score (nSPS) is 10.6. The molecule has 0 atom stereocenters. The maximum Gasteiger partial charge on any atom is 0.124 e. The molecule has 0 fully saturated rings. The first-order valence-corrected chi connectivity index (χ1v) is 9.65. The van der Waals surface area contributed by atoms with Gasteiger partial charge < -0.3 is 10.1 Å². The lowest BCUT2D eigenvalue weighted by Crippen LogP contribution is -2.04. The molecule has 0 spiro atoms. The number of anilines is 1. The molecule has 0 heterocycles. The predicted octanol–water partition coefficient (Wildman–Crippen LogP) is 6.91. The van der Waals surface area contributed by atoms with Gasteiger partial charge in [0.05, 0.1) is 0 Å². The minimum atomic E-state index is 0.485. The molecule has 3 aromatic rings. The van der Waals surface area contributed by atoms with Crippen LogP contribution >= 0.6 is 27.5 Å². The Labute approximate surface area is 168 Å². The van der Waals surface area contributed by atoms with Crippen molar-refractivity contribution < 1.29 is 4.74 Å². The molecule has 0 saturated heterocycles. The lowest BCUT2D eigenvalue weighted by molar-refractivity contribution is 0.303. The third kappa shape index (κ3) is 5.03. The van der Waals surface area contributed by atoms with E-state index in [0.717, 1.165) is 32.1 Å². The molecule has 3 rings (SSSR count). The predicted molar refractivity (Wildman–Crippen MR) is 113 cm³/mol. The largest absolute Gasteiger partial charge is 0.489 e. The Balaban J connectivity index is 1.71. The Hall–Kier alpha value is -1.97. The Morgan fingerprint density at radius 3 is 2.58 bits per heavy atom. The van der Waals surface area contributed by atoms with E-state index in [9.17, 15) is 0 Å². The third-order valence-electron chi connectivity index (χ3n) is 4.30. The lowest BCUT2D eigenvalue weighted by Gasteiger charge is -2.14. The first kappa shape index (κ1) is 18.8. The molecule has 0 amide bonds. The molecular formula is C22H21BrClNO. The van der Waals surface area contributed by atoms with E-state index in [4.69, 9.17) is 16.3 Å². The number of nitrogens with one attached hydrogen (secondary N) is 1.